The normalized spacial score (nSPS) is 18.2. The van der Waals surface area contributed by atoms with Crippen molar-refractivity contribution >= 4 is 28.3 Å². The number of anilines is 1. The molecule has 1 aromatic carbocycles. The van der Waals surface area contributed by atoms with E-state index >= 15 is 0 Å². The number of hydrogen-bond acceptors (Lipinski definition) is 5. The lowest BCUT2D eigenvalue weighted by atomic mass is 9.96. The molecule has 3 rings (SSSR count). The second-order valence-electron chi connectivity index (χ2n) is 8.23. The maximum atomic E-state index is 11.0. The summed E-state index contributed by atoms with van der Waals surface area (Å²) in [7, 11) is 0. The van der Waals surface area contributed by atoms with Gasteiger partial charge in [-0.15, -0.1) is 0 Å². The monoisotopic (exact) mass is 470 g/mol. The van der Waals surface area contributed by atoms with Crippen molar-refractivity contribution < 1.29 is 23.4 Å². The quantitative estimate of drug-likeness (QED) is 0.237. The van der Waals surface area contributed by atoms with Gasteiger partial charge in [-0.2, -0.15) is 0 Å². The second-order valence-corrected chi connectivity index (χ2v) is 9.28. The fraction of sp³-hybridized carbons (Fsp3) is 0.360. The fourth-order valence-electron chi connectivity index (χ4n) is 3.87. The van der Waals surface area contributed by atoms with Crippen LogP contribution >= 0.6 is 0 Å². The molecular weight excluding hydrogens is 440 g/mol. The summed E-state index contributed by atoms with van der Waals surface area (Å²) in [5.41, 5.74) is 5.78. The van der Waals surface area contributed by atoms with Crippen LogP contribution in [0.5, 0.6) is 5.75 Å². The van der Waals surface area contributed by atoms with E-state index in [0.29, 0.717) is 26.0 Å². The maximum Gasteiger partial charge on any atom is 0.307 e. The minimum Gasteiger partial charge on any atom is -0.494 e. The Balaban J connectivity index is 1.50. The number of ether oxygens (including phenoxy) is 1. The van der Waals surface area contributed by atoms with E-state index in [-0.39, 0.29) is 17.6 Å². The summed E-state index contributed by atoms with van der Waals surface area (Å²) in [5.74, 6) is -0.0611. The highest BCUT2D eigenvalue weighted by Gasteiger charge is 2.45. The number of carboxylic acid groups (broad SMARTS) is 1. The van der Waals surface area contributed by atoms with Gasteiger partial charge in [-0.1, -0.05) is 18.7 Å². The summed E-state index contributed by atoms with van der Waals surface area (Å²) in [6.07, 6.45) is 6.89. The molecule has 0 bridgehead atoms. The third kappa shape index (κ3) is 7.00. The lowest BCUT2D eigenvalue weighted by molar-refractivity contribution is -0.138. The number of aliphatic carboxylic acids is 1. The first-order chi connectivity index (χ1) is 15.8. The van der Waals surface area contributed by atoms with Crippen LogP contribution in [-0.4, -0.2) is 43.7 Å². The van der Waals surface area contributed by atoms with E-state index < -0.39 is 17.0 Å². The van der Waals surface area contributed by atoms with Crippen molar-refractivity contribution in [2.24, 2.45) is 5.92 Å². The summed E-state index contributed by atoms with van der Waals surface area (Å²) in [6.45, 7) is 9.22. The number of benzene rings is 1. The van der Waals surface area contributed by atoms with Crippen LogP contribution in [0, 0.1) is 19.8 Å². The zero-order valence-corrected chi connectivity index (χ0v) is 19.7. The molecule has 0 radical (unpaired) electrons. The van der Waals surface area contributed by atoms with Crippen molar-refractivity contribution in [3.63, 3.8) is 0 Å². The van der Waals surface area contributed by atoms with Crippen LogP contribution in [0.4, 0.5) is 5.69 Å². The van der Waals surface area contributed by atoms with Crippen LogP contribution in [0.25, 0.3) is 5.57 Å². The lowest BCUT2D eigenvalue weighted by Gasteiger charge is -2.14. The minimum absolute atomic E-state index is 0.0362. The zero-order valence-electron chi connectivity index (χ0n) is 18.9. The van der Waals surface area contributed by atoms with Crippen molar-refractivity contribution in [2.75, 3.05) is 24.2 Å². The Morgan fingerprint density at radius 3 is 2.64 bits per heavy atom. The summed E-state index contributed by atoms with van der Waals surface area (Å²) < 4.78 is 25.2. The highest BCUT2D eigenvalue weighted by Crippen LogP contribution is 2.46. The first kappa shape index (κ1) is 24.7. The summed E-state index contributed by atoms with van der Waals surface area (Å²) in [4.78, 5) is 15.4. The fourth-order valence-corrected chi connectivity index (χ4v) is 4.24. The van der Waals surface area contributed by atoms with E-state index in [1.807, 2.05) is 50.3 Å². The van der Waals surface area contributed by atoms with E-state index in [1.54, 1.807) is 6.20 Å². The Morgan fingerprint density at radius 1 is 1.33 bits per heavy atom. The molecule has 0 amide bonds. The Bertz CT molecular complexity index is 1040. The molecule has 0 spiro atoms. The Kier molecular flexibility index (Phi) is 8.41. The number of nitrogens with zero attached hydrogens (tertiary/aromatic N) is 1. The molecule has 1 fully saturated rings. The molecule has 1 unspecified atom stereocenters. The lowest BCUT2D eigenvalue weighted by Crippen LogP contribution is -2.04. The van der Waals surface area contributed by atoms with Crippen LogP contribution < -0.4 is 10.1 Å². The maximum absolute atomic E-state index is 11.0. The molecule has 2 aromatic rings. The predicted octanol–water partition coefficient (Wildman–Crippen LogP) is 4.56. The summed E-state index contributed by atoms with van der Waals surface area (Å²) >= 11 is -1.79. The van der Waals surface area contributed by atoms with Crippen molar-refractivity contribution in [1.82, 2.24) is 4.98 Å². The van der Waals surface area contributed by atoms with Gasteiger partial charge in [-0.25, -0.2) is 4.21 Å². The van der Waals surface area contributed by atoms with Gasteiger partial charge in [-0.3, -0.25) is 9.78 Å². The number of aryl methyl sites for hydroxylation is 2. The highest BCUT2D eigenvalue weighted by molar-refractivity contribution is 7.79. The van der Waals surface area contributed by atoms with Crippen LogP contribution in [0.1, 0.15) is 41.1 Å². The van der Waals surface area contributed by atoms with E-state index in [4.69, 9.17) is 14.4 Å². The van der Waals surface area contributed by atoms with Gasteiger partial charge in [0, 0.05) is 18.2 Å². The number of rotatable bonds is 12. The highest BCUT2D eigenvalue weighted by atomic mass is 32.2. The Morgan fingerprint density at radius 2 is 2.06 bits per heavy atom. The van der Waals surface area contributed by atoms with Gasteiger partial charge in [-0.05, 0) is 73.2 Å². The smallest absolute Gasteiger partial charge is 0.307 e. The van der Waals surface area contributed by atoms with E-state index in [2.05, 4.69) is 16.9 Å². The van der Waals surface area contributed by atoms with E-state index in [1.165, 1.54) is 0 Å². The third-order valence-corrected chi connectivity index (χ3v) is 6.21. The van der Waals surface area contributed by atoms with Gasteiger partial charge < -0.3 is 19.7 Å². The van der Waals surface area contributed by atoms with Gasteiger partial charge >= 0.3 is 5.97 Å². The SMILES string of the molecule is C=C(/C=C/CNc1ccc([C@H]2C[C@@H]2C(=O)O)nc1)c1c(C)cc(OCCCS(=O)O)cc1C. The topological polar surface area (TPSA) is 109 Å². The average Bonchev–Trinajstić information content (AvgIpc) is 3.55. The van der Waals surface area contributed by atoms with Crippen molar-refractivity contribution in [1.29, 1.82) is 0 Å². The van der Waals surface area contributed by atoms with Gasteiger partial charge in [0.1, 0.15) is 5.75 Å². The number of hydrogen-bond donors (Lipinski definition) is 3. The predicted molar refractivity (Wildman–Crippen MR) is 131 cm³/mol. The van der Waals surface area contributed by atoms with Crippen LogP contribution in [0.15, 0.2) is 49.2 Å². The Labute approximate surface area is 196 Å². The molecule has 1 aromatic heterocycles. The third-order valence-electron chi connectivity index (χ3n) is 5.58. The molecule has 8 heteroatoms. The molecule has 33 heavy (non-hydrogen) atoms. The molecule has 1 heterocycles. The molecule has 0 saturated heterocycles. The second kappa shape index (κ2) is 11.2. The van der Waals surface area contributed by atoms with Gasteiger partial charge in [0.25, 0.3) is 0 Å². The number of carboxylic acids is 1. The standard InChI is InChI=1S/C25H30N2O5S/c1-16(24-17(2)12-20(13-18(24)3)32-10-5-11-33(30)31)6-4-9-26-19-7-8-23(27-15-19)21-14-22(21)25(28)29/h4,6-8,12-13,15,21-22,26H,1,5,9-11,14H2,2-3H3,(H,28,29)(H,30,31)/b6-4+/t21-,22-/m0/s1. The molecule has 7 nitrogen and oxygen atoms in total. The van der Waals surface area contributed by atoms with Crippen molar-refractivity contribution in [3.05, 3.63) is 71.6 Å². The molecule has 0 aliphatic heterocycles. The Hall–Kier alpha value is -2.97. The molecule has 3 atom stereocenters. The summed E-state index contributed by atoms with van der Waals surface area (Å²) in [5, 5.41) is 12.3. The molecule has 176 valence electrons. The minimum atomic E-state index is -1.79. The number of aromatic nitrogens is 1. The molecular formula is C25H30N2O5S. The first-order valence-corrected chi connectivity index (χ1v) is 12.1. The molecule has 1 saturated carbocycles. The van der Waals surface area contributed by atoms with Crippen molar-refractivity contribution in [3.8, 4) is 5.75 Å². The van der Waals surface area contributed by atoms with Crippen LogP contribution in [0.2, 0.25) is 0 Å². The van der Waals surface area contributed by atoms with Crippen LogP contribution in [-0.2, 0) is 15.9 Å². The van der Waals surface area contributed by atoms with Gasteiger partial charge in [0.15, 0.2) is 11.1 Å². The van der Waals surface area contributed by atoms with Crippen molar-refractivity contribution in [2.45, 2.75) is 32.6 Å². The number of carbonyl (C=O) groups is 1. The molecule has 1 aliphatic rings. The first-order valence-electron chi connectivity index (χ1n) is 10.9. The summed E-state index contributed by atoms with van der Waals surface area (Å²) in [6, 6.07) is 7.72. The number of pyridine rings is 1. The molecule has 3 N–H and O–H groups in total. The zero-order chi connectivity index (χ0) is 24.0. The number of allylic oxidation sites excluding steroid dienone is 2. The van der Waals surface area contributed by atoms with E-state index in [9.17, 15) is 9.00 Å². The van der Waals surface area contributed by atoms with Gasteiger partial charge in [0.05, 0.1) is 30.2 Å². The van der Waals surface area contributed by atoms with Crippen LogP contribution in [0.3, 0.4) is 0 Å². The average molecular weight is 471 g/mol. The largest absolute Gasteiger partial charge is 0.494 e. The van der Waals surface area contributed by atoms with Gasteiger partial charge in [0.2, 0.25) is 0 Å². The van der Waals surface area contributed by atoms with E-state index in [0.717, 1.165) is 39.4 Å². The number of nitrogens with one attached hydrogen (secondary N) is 1. The molecule has 1 aliphatic carbocycles.